The van der Waals surface area contributed by atoms with Gasteiger partial charge in [-0.3, -0.25) is 4.79 Å². The minimum absolute atomic E-state index is 0.0480. The molecule has 0 aliphatic rings. The van der Waals surface area contributed by atoms with Crippen molar-refractivity contribution in [1.82, 2.24) is 10.3 Å². The average molecular weight is 266 g/mol. The van der Waals surface area contributed by atoms with Gasteiger partial charge in [-0.05, 0) is 36.2 Å². The first-order valence-electron chi connectivity index (χ1n) is 6.48. The second kappa shape index (κ2) is 5.57. The highest BCUT2D eigenvalue weighted by Gasteiger charge is 2.04. The largest absolute Gasteiger partial charge is 0.443 e. The van der Waals surface area contributed by atoms with Gasteiger partial charge in [-0.2, -0.15) is 0 Å². The van der Waals surface area contributed by atoms with E-state index in [-0.39, 0.29) is 5.91 Å². The van der Waals surface area contributed by atoms with E-state index < -0.39 is 0 Å². The molecule has 0 radical (unpaired) electrons. The average Bonchev–Trinajstić information content (AvgIpc) is 2.95. The van der Waals surface area contributed by atoms with Crippen molar-refractivity contribution in [2.24, 2.45) is 0 Å². The number of hydrogen-bond acceptors (Lipinski definition) is 3. The fourth-order valence-electron chi connectivity index (χ4n) is 2.07. The third-order valence-corrected chi connectivity index (χ3v) is 3.13. The van der Waals surface area contributed by atoms with Gasteiger partial charge in [0.2, 0.25) is 0 Å². The van der Waals surface area contributed by atoms with Crippen LogP contribution in [-0.4, -0.2) is 17.4 Å². The number of rotatable bonds is 4. The van der Waals surface area contributed by atoms with Gasteiger partial charge >= 0.3 is 0 Å². The highest BCUT2D eigenvalue weighted by atomic mass is 16.3. The van der Waals surface area contributed by atoms with Gasteiger partial charge < -0.3 is 9.73 Å². The normalized spacial score (nSPS) is 10.6. The predicted molar refractivity (Wildman–Crippen MR) is 76.5 cm³/mol. The molecule has 3 aromatic rings. The number of nitrogens with zero attached hydrogens (tertiary/aromatic N) is 1. The highest BCUT2D eigenvalue weighted by Crippen LogP contribution is 2.14. The second-order valence-corrected chi connectivity index (χ2v) is 4.53. The lowest BCUT2D eigenvalue weighted by Gasteiger charge is -2.05. The van der Waals surface area contributed by atoms with E-state index in [2.05, 4.69) is 10.3 Å². The molecule has 0 atom stereocenters. The van der Waals surface area contributed by atoms with Crippen LogP contribution in [0.3, 0.4) is 0 Å². The van der Waals surface area contributed by atoms with E-state index in [0.717, 1.165) is 23.1 Å². The molecule has 0 saturated heterocycles. The fourth-order valence-corrected chi connectivity index (χ4v) is 2.07. The number of hydrogen-bond donors (Lipinski definition) is 1. The van der Waals surface area contributed by atoms with Crippen molar-refractivity contribution in [2.45, 2.75) is 6.42 Å². The lowest BCUT2D eigenvalue weighted by Crippen LogP contribution is -2.25. The van der Waals surface area contributed by atoms with Crippen LogP contribution >= 0.6 is 0 Å². The standard InChI is InChI=1S/C16H14N2O2/c19-16(13-4-2-1-3-5-13)17-9-8-12-6-7-15-14(10-12)18-11-20-15/h1-7,10-11H,8-9H2,(H,17,19). The maximum absolute atomic E-state index is 11.9. The zero-order valence-corrected chi connectivity index (χ0v) is 10.9. The van der Waals surface area contributed by atoms with E-state index in [9.17, 15) is 4.79 Å². The highest BCUT2D eigenvalue weighted by molar-refractivity contribution is 5.94. The number of amides is 1. The molecule has 0 bridgehead atoms. The van der Waals surface area contributed by atoms with Gasteiger partial charge in [-0.15, -0.1) is 0 Å². The Balaban J connectivity index is 1.58. The molecule has 0 aliphatic heterocycles. The molecule has 0 unspecified atom stereocenters. The molecular formula is C16H14N2O2. The van der Waals surface area contributed by atoms with Crippen LogP contribution in [-0.2, 0) is 6.42 Å². The summed E-state index contributed by atoms with van der Waals surface area (Å²) in [5.41, 5.74) is 3.43. The summed E-state index contributed by atoms with van der Waals surface area (Å²) < 4.78 is 5.19. The summed E-state index contributed by atoms with van der Waals surface area (Å²) >= 11 is 0. The molecule has 4 nitrogen and oxygen atoms in total. The van der Waals surface area contributed by atoms with Crippen LogP contribution in [0.25, 0.3) is 11.1 Å². The second-order valence-electron chi connectivity index (χ2n) is 4.53. The molecule has 1 heterocycles. The molecule has 0 aliphatic carbocycles. The minimum atomic E-state index is -0.0480. The van der Waals surface area contributed by atoms with Gasteiger partial charge in [0.1, 0.15) is 5.52 Å². The molecule has 0 saturated carbocycles. The predicted octanol–water partition coefficient (Wildman–Crippen LogP) is 2.80. The van der Waals surface area contributed by atoms with Crippen LogP contribution in [0.15, 0.2) is 59.3 Å². The maximum Gasteiger partial charge on any atom is 0.251 e. The summed E-state index contributed by atoms with van der Waals surface area (Å²) in [6.07, 6.45) is 2.20. The van der Waals surface area contributed by atoms with Crippen molar-refractivity contribution >= 4 is 17.0 Å². The minimum Gasteiger partial charge on any atom is -0.443 e. The van der Waals surface area contributed by atoms with Crippen LogP contribution in [0.4, 0.5) is 0 Å². The van der Waals surface area contributed by atoms with Crippen molar-refractivity contribution in [3.8, 4) is 0 Å². The summed E-state index contributed by atoms with van der Waals surface area (Å²) in [4.78, 5) is 16.0. The SMILES string of the molecule is O=C(NCCc1ccc2ocnc2c1)c1ccccc1. The summed E-state index contributed by atoms with van der Waals surface area (Å²) in [7, 11) is 0. The first-order valence-corrected chi connectivity index (χ1v) is 6.48. The molecule has 2 aromatic carbocycles. The number of fused-ring (bicyclic) bond motifs is 1. The Morgan fingerprint density at radius 1 is 1.15 bits per heavy atom. The van der Waals surface area contributed by atoms with Crippen LogP contribution in [0.1, 0.15) is 15.9 Å². The lowest BCUT2D eigenvalue weighted by molar-refractivity contribution is 0.0954. The molecule has 0 fully saturated rings. The van der Waals surface area contributed by atoms with Crippen LogP contribution in [0.2, 0.25) is 0 Å². The molecule has 20 heavy (non-hydrogen) atoms. The fraction of sp³-hybridized carbons (Fsp3) is 0.125. The lowest BCUT2D eigenvalue weighted by atomic mass is 10.1. The van der Waals surface area contributed by atoms with Crippen molar-refractivity contribution in [3.05, 3.63) is 66.1 Å². The topological polar surface area (TPSA) is 55.1 Å². The summed E-state index contributed by atoms with van der Waals surface area (Å²) in [5, 5.41) is 2.91. The van der Waals surface area contributed by atoms with Gasteiger partial charge in [-0.25, -0.2) is 4.98 Å². The number of carbonyl (C=O) groups excluding carboxylic acids is 1. The zero-order valence-electron chi connectivity index (χ0n) is 10.9. The third kappa shape index (κ3) is 2.69. The van der Waals surface area contributed by atoms with Crippen molar-refractivity contribution in [2.75, 3.05) is 6.54 Å². The van der Waals surface area contributed by atoms with Crippen molar-refractivity contribution in [1.29, 1.82) is 0 Å². The molecule has 100 valence electrons. The number of benzene rings is 2. The quantitative estimate of drug-likeness (QED) is 0.790. The van der Waals surface area contributed by atoms with Crippen LogP contribution in [0.5, 0.6) is 0 Å². The smallest absolute Gasteiger partial charge is 0.251 e. The molecule has 3 rings (SSSR count). The van der Waals surface area contributed by atoms with E-state index in [1.165, 1.54) is 6.39 Å². The van der Waals surface area contributed by atoms with Gasteiger partial charge in [0, 0.05) is 12.1 Å². The monoisotopic (exact) mass is 266 g/mol. The van der Waals surface area contributed by atoms with E-state index in [0.29, 0.717) is 12.1 Å². The van der Waals surface area contributed by atoms with E-state index >= 15 is 0 Å². The Bertz CT molecular complexity index is 719. The van der Waals surface area contributed by atoms with Crippen LogP contribution in [0, 0.1) is 0 Å². The Kier molecular flexibility index (Phi) is 3.46. The first kappa shape index (κ1) is 12.4. The van der Waals surface area contributed by atoms with Crippen molar-refractivity contribution < 1.29 is 9.21 Å². The number of nitrogens with one attached hydrogen (secondary N) is 1. The third-order valence-electron chi connectivity index (χ3n) is 3.13. The van der Waals surface area contributed by atoms with Gasteiger partial charge in [0.05, 0.1) is 0 Å². The number of oxazole rings is 1. The number of aromatic nitrogens is 1. The maximum atomic E-state index is 11.9. The van der Waals surface area contributed by atoms with E-state index in [1.807, 2.05) is 36.4 Å². The molecule has 1 aromatic heterocycles. The molecule has 0 spiro atoms. The Hall–Kier alpha value is -2.62. The molecular weight excluding hydrogens is 252 g/mol. The summed E-state index contributed by atoms with van der Waals surface area (Å²) in [6, 6.07) is 15.1. The Morgan fingerprint density at radius 2 is 2.00 bits per heavy atom. The molecule has 1 amide bonds. The Labute approximate surface area is 116 Å². The molecule has 4 heteroatoms. The van der Waals surface area contributed by atoms with Gasteiger partial charge in [0.15, 0.2) is 12.0 Å². The van der Waals surface area contributed by atoms with Gasteiger partial charge in [-0.1, -0.05) is 24.3 Å². The molecule has 1 N–H and O–H groups in total. The van der Waals surface area contributed by atoms with Crippen molar-refractivity contribution in [3.63, 3.8) is 0 Å². The van der Waals surface area contributed by atoms with E-state index in [4.69, 9.17) is 4.42 Å². The van der Waals surface area contributed by atoms with Gasteiger partial charge in [0.25, 0.3) is 5.91 Å². The van der Waals surface area contributed by atoms with Crippen LogP contribution < -0.4 is 5.32 Å². The number of carbonyl (C=O) groups is 1. The summed E-state index contributed by atoms with van der Waals surface area (Å²) in [5.74, 6) is -0.0480. The Morgan fingerprint density at radius 3 is 2.85 bits per heavy atom. The van der Waals surface area contributed by atoms with E-state index in [1.54, 1.807) is 12.1 Å². The zero-order chi connectivity index (χ0) is 13.8. The summed E-state index contributed by atoms with van der Waals surface area (Å²) in [6.45, 7) is 0.594. The first-order chi connectivity index (χ1) is 9.83.